The zero-order chi connectivity index (χ0) is 8.15. The predicted octanol–water partition coefficient (Wildman–Crippen LogP) is 1.54. The van der Waals surface area contributed by atoms with Crippen LogP contribution in [0.25, 0.3) is 0 Å². The molecule has 0 aliphatic heterocycles. The van der Waals surface area contributed by atoms with Crippen LogP contribution in [0, 0.1) is 11.8 Å². The average Bonchev–Trinajstić information content (AvgIpc) is 1.90. The van der Waals surface area contributed by atoms with E-state index >= 15 is 0 Å². The van der Waals surface area contributed by atoms with Crippen molar-refractivity contribution in [1.29, 1.82) is 0 Å². The molecule has 1 amide bonds. The highest BCUT2D eigenvalue weighted by Gasteiger charge is 2.17. The van der Waals surface area contributed by atoms with E-state index in [9.17, 15) is 4.79 Å². The average molecular weight is 143 g/mol. The molecular weight excluding hydrogens is 126 g/mol. The Hall–Kier alpha value is -0.530. The van der Waals surface area contributed by atoms with Gasteiger partial charge in [-0.05, 0) is 5.92 Å². The van der Waals surface area contributed by atoms with Crippen LogP contribution in [-0.4, -0.2) is 5.91 Å². The van der Waals surface area contributed by atoms with E-state index in [2.05, 4.69) is 13.8 Å². The molecule has 2 nitrogen and oxygen atoms in total. The van der Waals surface area contributed by atoms with Crippen LogP contribution < -0.4 is 5.73 Å². The smallest absolute Gasteiger partial charge is 0.220 e. The van der Waals surface area contributed by atoms with Crippen molar-refractivity contribution in [2.75, 3.05) is 0 Å². The summed E-state index contributed by atoms with van der Waals surface area (Å²) >= 11 is 0. The minimum Gasteiger partial charge on any atom is -0.369 e. The van der Waals surface area contributed by atoms with Gasteiger partial charge in [-0.3, -0.25) is 4.79 Å². The zero-order valence-corrected chi connectivity index (χ0v) is 7.05. The van der Waals surface area contributed by atoms with Gasteiger partial charge < -0.3 is 5.73 Å². The van der Waals surface area contributed by atoms with Crippen molar-refractivity contribution in [3.05, 3.63) is 0 Å². The molecule has 60 valence electrons. The minimum absolute atomic E-state index is 0.0370. The van der Waals surface area contributed by atoms with Gasteiger partial charge in [-0.1, -0.05) is 33.6 Å². The van der Waals surface area contributed by atoms with Crippen LogP contribution in [0.15, 0.2) is 0 Å². The van der Waals surface area contributed by atoms with Crippen LogP contribution in [-0.2, 0) is 4.79 Å². The second-order valence-electron chi connectivity index (χ2n) is 2.77. The van der Waals surface area contributed by atoms with Crippen molar-refractivity contribution >= 4 is 5.91 Å². The van der Waals surface area contributed by atoms with Crippen LogP contribution in [0.3, 0.4) is 0 Å². The normalized spacial score (nSPS) is 13.6. The minimum atomic E-state index is -0.172. The maximum absolute atomic E-state index is 10.7. The molecule has 2 N–H and O–H groups in total. The lowest BCUT2D eigenvalue weighted by molar-refractivity contribution is -0.122. The third kappa shape index (κ3) is 2.38. The second kappa shape index (κ2) is 4.31. The Balaban J connectivity index is 3.88. The Bertz CT molecular complexity index is 108. The number of carbonyl (C=O) groups is 1. The van der Waals surface area contributed by atoms with Gasteiger partial charge in [0.05, 0.1) is 0 Å². The molecule has 0 spiro atoms. The van der Waals surface area contributed by atoms with Gasteiger partial charge in [0.1, 0.15) is 0 Å². The van der Waals surface area contributed by atoms with Crippen molar-refractivity contribution in [3.8, 4) is 0 Å². The molecule has 10 heavy (non-hydrogen) atoms. The fourth-order valence-corrected chi connectivity index (χ4v) is 1.23. The Morgan fingerprint density at radius 1 is 1.40 bits per heavy atom. The van der Waals surface area contributed by atoms with Crippen LogP contribution in [0.5, 0.6) is 0 Å². The van der Waals surface area contributed by atoms with E-state index in [1.54, 1.807) is 0 Å². The van der Waals surface area contributed by atoms with Gasteiger partial charge in [0, 0.05) is 5.92 Å². The van der Waals surface area contributed by atoms with E-state index in [1.165, 1.54) is 0 Å². The Labute approximate surface area is 62.8 Å². The largest absolute Gasteiger partial charge is 0.369 e. The topological polar surface area (TPSA) is 43.1 Å². The lowest BCUT2D eigenvalue weighted by Crippen LogP contribution is -2.26. The number of rotatable bonds is 4. The number of hydrogen-bond donors (Lipinski definition) is 1. The molecule has 1 unspecified atom stereocenters. The summed E-state index contributed by atoms with van der Waals surface area (Å²) in [5, 5.41) is 0. The summed E-state index contributed by atoms with van der Waals surface area (Å²) in [6.45, 7) is 6.08. The number of amides is 1. The third-order valence-corrected chi connectivity index (χ3v) is 2.20. The summed E-state index contributed by atoms with van der Waals surface area (Å²) in [5.41, 5.74) is 5.15. The van der Waals surface area contributed by atoms with Crippen LogP contribution in [0.4, 0.5) is 0 Å². The first-order chi connectivity index (χ1) is 4.63. The molecule has 0 aliphatic carbocycles. The van der Waals surface area contributed by atoms with Crippen LogP contribution in [0.2, 0.25) is 0 Å². The van der Waals surface area contributed by atoms with Crippen LogP contribution in [0.1, 0.15) is 33.6 Å². The Morgan fingerprint density at radius 2 is 1.80 bits per heavy atom. The van der Waals surface area contributed by atoms with E-state index in [4.69, 9.17) is 5.73 Å². The number of carbonyl (C=O) groups excluding carboxylic acids is 1. The van der Waals surface area contributed by atoms with E-state index in [0.29, 0.717) is 5.92 Å². The molecule has 0 aromatic rings. The highest BCUT2D eigenvalue weighted by atomic mass is 16.1. The molecule has 2 heteroatoms. The molecule has 0 aromatic heterocycles. The van der Waals surface area contributed by atoms with Gasteiger partial charge in [0.2, 0.25) is 5.91 Å². The van der Waals surface area contributed by atoms with Crippen molar-refractivity contribution in [1.82, 2.24) is 0 Å². The second-order valence-corrected chi connectivity index (χ2v) is 2.77. The van der Waals surface area contributed by atoms with E-state index < -0.39 is 0 Å². The molecule has 0 radical (unpaired) electrons. The summed E-state index contributed by atoms with van der Waals surface area (Å²) in [7, 11) is 0. The molecule has 0 fully saturated rings. The summed E-state index contributed by atoms with van der Waals surface area (Å²) in [5.74, 6) is 0.334. The maximum atomic E-state index is 10.7. The zero-order valence-electron chi connectivity index (χ0n) is 7.05. The first-order valence-electron chi connectivity index (χ1n) is 3.92. The highest BCUT2D eigenvalue weighted by molar-refractivity contribution is 5.76. The molecule has 0 bridgehead atoms. The molecule has 0 heterocycles. The molecule has 0 aromatic carbocycles. The molecule has 0 saturated heterocycles. The lowest BCUT2D eigenvalue weighted by atomic mass is 9.89. The SMILES string of the molecule is CCC(CC)C(C)C(N)=O. The van der Waals surface area contributed by atoms with Gasteiger partial charge in [-0.25, -0.2) is 0 Å². The quantitative estimate of drug-likeness (QED) is 0.637. The van der Waals surface area contributed by atoms with Gasteiger partial charge in [-0.15, -0.1) is 0 Å². The highest BCUT2D eigenvalue weighted by Crippen LogP contribution is 2.17. The van der Waals surface area contributed by atoms with Gasteiger partial charge in [0.25, 0.3) is 0 Å². The number of nitrogens with two attached hydrogens (primary N) is 1. The molecule has 0 saturated carbocycles. The van der Waals surface area contributed by atoms with E-state index in [0.717, 1.165) is 12.8 Å². The van der Waals surface area contributed by atoms with Crippen molar-refractivity contribution in [3.63, 3.8) is 0 Å². The molecule has 1 atom stereocenters. The first kappa shape index (κ1) is 9.47. The Morgan fingerprint density at radius 3 is 1.90 bits per heavy atom. The maximum Gasteiger partial charge on any atom is 0.220 e. The first-order valence-corrected chi connectivity index (χ1v) is 3.92. The van der Waals surface area contributed by atoms with E-state index in [1.807, 2.05) is 6.92 Å². The predicted molar refractivity (Wildman–Crippen MR) is 42.4 cm³/mol. The Kier molecular flexibility index (Phi) is 4.08. The summed E-state index contributed by atoms with van der Waals surface area (Å²) < 4.78 is 0. The van der Waals surface area contributed by atoms with Gasteiger partial charge in [0.15, 0.2) is 0 Å². The summed E-state index contributed by atoms with van der Waals surface area (Å²) in [6, 6.07) is 0. The van der Waals surface area contributed by atoms with E-state index in [-0.39, 0.29) is 11.8 Å². The van der Waals surface area contributed by atoms with Crippen LogP contribution >= 0.6 is 0 Å². The number of primary amides is 1. The van der Waals surface area contributed by atoms with Crippen molar-refractivity contribution in [2.24, 2.45) is 17.6 Å². The fraction of sp³-hybridized carbons (Fsp3) is 0.875. The molecule has 0 rings (SSSR count). The van der Waals surface area contributed by atoms with Crippen molar-refractivity contribution in [2.45, 2.75) is 33.6 Å². The molecular formula is C8H17NO. The monoisotopic (exact) mass is 143 g/mol. The summed E-state index contributed by atoms with van der Waals surface area (Å²) in [4.78, 5) is 10.7. The van der Waals surface area contributed by atoms with Crippen molar-refractivity contribution < 1.29 is 4.79 Å². The summed E-state index contributed by atoms with van der Waals surface area (Å²) in [6.07, 6.45) is 2.08. The van der Waals surface area contributed by atoms with Gasteiger partial charge >= 0.3 is 0 Å². The molecule has 0 aliphatic rings. The van der Waals surface area contributed by atoms with Gasteiger partial charge in [-0.2, -0.15) is 0 Å². The third-order valence-electron chi connectivity index (χ3n) is 2.20. The number of hydrogen-bond acceptors (Lipinski definition) is 1. The standard InChI is InChI=1S/C8H17NO/c1-4-7(5-2)6(3)8(9)10/h6-7H,4-5H2,1-3H3,(H2,9,10). The fourth-order valence-electron chi connectivity index (χ4n) is 1.23. The lowest BCUT2D eigenvalue weighted by Gasteiger charge is -2.17.